The van der Waals surface area contributed by atoms with Crippen molar-refractivity contribution in [2.24, 2.45) is 0 Å². The van der Waals surface area contributed by atoms with E-state index in [0.717, 1.165) is 16.1 Å². The third-order valence-corrected chi connectivity index (χ3v) is 5.45. The van der Waals surface area contributed by atoms with Gasteiger partial charge in [0, 0.05) is 13.0 Å². The number of anilines is 1. The van der Waals surface area contributed by atoms with Crippen LogP contribution in [0, 0.1) is 6.92 Å². The molecule has 25 heavy (non-hydrogen) atoms. The summed E-state index contributed by atoms with van der Waals surface area (Å²) in [6.45, 7) is 2.22. The van der Waals surface area contributed by atoms with Crippen molar-refractivity contribution in [3.05, 3.63) is 58.4 Å². The number of benzene rings is 1. The molecule has 2 heterocycles. The summed E-state index contributed by atoms with van der Waals surface area (Å²) >= 11 is 2.82. The first-order valence-corrected chi connectivity index (χ1v) is 9.47. The Morgan fingerprint density at radius 3 is 2.64 bits per heavy atom. The van der Waals surface area contributed by atoms with E-state index in [2.05, 4.69) is 15.6 Å². The summed E-state index contributed by atoms with van der Waals surface area (Å²) in [5.74, 6) is -0.320. The summed E-state index contributed by atoms with van der Waals surface area (Å²) < 4.78 is 0. The van der Waals surface area contributed by atoms with Crippen LogP contribution < -0.4 is 10.6 Å². The van der Waals surface area contributed by atoms with Crippen LogP contribution in [0.2, 0.25) is 0 Å². The smallest absolute Gasteiger partial charge is 0.261 e. The molecule has 7 heteroatoms. The van der Waals surface area contributed by atoms with Crippen molar-refractivity contribution in [3.63, 3.8) is 0 Å². The van der Waals surface area contributed by atoms with Gasteiger partial charge in [-0.1, -0.05) is 47.7 Å². The predicted octanol–water partition coefficient (Wildman–Crippen LogP) is 3.94. The molecule has 0 fully saturated rings. The number of thiophene rings is 1. The predicted molar refractivity (Wildman–Crippen MR) is 102 cm³/mol. The molecule has 0 aliphatic rings. The number of amides is 2. The zero-order chi connectivity index (χ0) is 17.6. The van der Waals surface area contributed by atoms with Gasteiger partial charge in [0.25, 0.3) is 5.91 Å². The molecule has 3 aromatic rings. The van der Waals surface area contributed by atoms with Crippen molar-refractivity contribution in [1.29, 1.82) is 0 Å². The standard InChI is InChI=1S/C18H17N3O2S2/c1-12-16(13-6-3-2-4-7-13)25-18(20-12)21-15(22)9-10-19-17(23)14-8-5-11-24-14/h2-8,11H,9-10H2,1H3,(H,19,23)(H,20,21,22). The van der Waals surface area contributed by atoms with Gasteiger partial charge in [0.05, 0.1) is 15.4 Å². The SMILES string of the molecule is Cc1nc(NC(=O)CCNC(=O)c2cccs2)sc1-c1ccccc1. The van der Waals surface area contributed by atoms with Gasteiger partial charge in [-0.15, -0.1) is 11.3 Å². The van der Waals surface area contributed by atoms with Crippen LogP contribution in [0.3, 0.4) is 0 Å². The van der Waals surface area contributed by atoms with E-state index in [1.54, 1.807) is 6.07 Å². The first-order chi connectivity index (χ1) is 12.1. The molecular formula is C18H17N3O2S2. The summed E-state index contributed by atoms with van der Waals surface area (Å²) in [7, 11) is 0. The molecule has 2 amide bonds. The number of nitrogens with zero attached hydrogens (tertiary/aromatic N) is 1. The number of rotatable bonds is 6. The van der Waals surface area contributed by atoms with Crippen LogP contribution in [0.5, 0.6) is 0 Å². The quantitative estimate of drug-likeness (QED) is 0.689. The van der Waals surface area contributed by atoms with Crippen LogP contribution >= 0.6 is 22.7 Å². The van der Waals surface area contributed by atoms with Crippen molar-refractivity contribution in [1.82, 2.24) is 10.3 Å². The Morgan fingerprint density at radius 1 is 1.12 bits per heavy atom. The number of thiazole rings is 1. The van der Waals surface area contributed by atoms with E-state index < -0.39 is 0 Å². The maximum atomic E-state index is 12.0. The van der Waals surface area contributed by atoms with Crippen LogP contribution in [0.15, 0.2) is 47.8 Å². The zero-order valence-corrected chi connectivity index (χ0v) is 15.2. The van der Waals surface area contributed by atoms with Crippen LogP contribution in [0.4, 0.5) is 5.13 Å². The number of aromatic nitrogens is 1. The molecule has 0 saturated carbocycles. The monoisotopic (exact) mass is 371 g/mol. The average Bonchev–Trinajstić information content (AvgIpc) is 3.25. The van der Waals surface area contributed by atoms with Crippen molar-refractivity contribution in [2.45, 2.75) is 13.3 Å². The molecule has 0 aliphatic carbocycles. The Kier molecular flexibility index (Phi) is 5.57. The van der Waals surface area contributed by atoms with Crippen LogP contribution in [-0.4, -0.2) is 23.3 Å². The largest absolute Gasteiger partial charge is 0.351 e. The van der Waals surface area contributed by atoms with Crippen LogP contribution in [-0.2, 0) is 4.79 Å². The second-order valence-corrected chi connectivity index (χ2v) is 7.28. The van der Waals surface area contributed by atoms with Crippen molar-refractivity contribution in [2.75, 3.05) is 11.9 Å². The van der Waals surface area contributed by atoms with E-state index in [-0.39, 0.29) is 18.2 Å². The number of carbonyl (C=O) groups excluding carboxylic acids is 2. The van der Waals surface area contributed by atoms with Gasteiger partial charge in [-0.25, -0.2) is 4.98 Å². The normalized spacial score (nSPS) is 10.4. The lowest BCUT2D eigenvalue weighted by Gasteiger charge is -2.03. The third kappa shape index (κ3) is 4.52. The number of carbonyl (C=O) groups is 2. The summed E-state index contributed by atoms with van der Waals surface area (Å²) in [4.78, 5) is 29.9. The molecule has 0 radical (unpaired) electrons. The van der Waals surface area contributed by atoms with E-state index in [1.165, 1.54) is 22.7 Å². The molecule has 0 atom stereocenters. The topological polar surface area (TPSA) is 71.1 Å². The number of hydrogen-bond donors (Lipinski definition) is 2. The third-order valence-electron chi connectivity index (χ3n) is 3.46. The van der Waals surface area contributed by atoms with Gasteiger partial charge in [-0.2, -0.15) is 0 Å². The Bertz CT molecular complexity index is 858. The number of nitrogens with one attached hydrogen (secondary N) is 2. The van der Waals surface area contributed by atoms with Crippen molar-refractivity contribution in [3.8, 4) is 10.4 Å². The fourth-order valence-corrected chi connectivity index (χ4v) is 3.90. The number of hydrogen-bond acceptors (Lipinski definition) is 5. The van der Waals surface area contributed by atoms with E-state index in [9.17, 15) is 9.59 Å². The first-order valence-electron chi connectivity index (χ1n) is 7.78. The maximum absolute atomic E-state index is 12.0. The molecule has 1 aromatic carbocycles. The van der Waals surface area contributed by atoms with Gasteiger partial charge < -0.3 is 10.6 Å². The molecule has 0 saturated heterocycles. The second kappa shape index (κ2) is 8.04. The molecule has 2 aromatic heterocycles. The van der Waals surface area contributed by atoms with Gasteiger partial charge >= 0.3 is 0 Å². The van der Waals surface area contributed by atoms with E-state index in [4.69, 9.17) is 0 Å². The fourth-order valence-electron chi connectivity index (χ4n) is 2.27. The summed E-state index contributed by atoms with van der Waals surface area (Å²) in [6, 6.07) is 13.5. The Balaban J connectivity index is 1.52. The van der Waals surface area contributed by atoms with E-state index >= 15 is 0 Å². The Labute approximate surface area is 153 Å². The van der Waals surface area contributed by atoms with Gasteiger partial charge in [0.2, 0.25) is 5.91 Å². The molecule has 0 aliphatic heterocycles. The summed E-state index contributed by atoms with van der Waals surface area (Å²) in [5.41, 5.74) is 1.97. The van der Waals surface area contributed by atoms with Gasteiger partial charge in [0.1, 0.15) is 0 Å². The summed E-state index contributed by atoms with van der Waals surface area (Å²) in [5, 5.41) is 7.96. The maximum Gasteiger partial charge on any atom is 0.261 e. The molecule has 3 rings (SSSR count). The molecule has 128 valence electrons. The minimum atomic E-state index is -0.167. The molecular weight excluding hydrogens is 354 g/mol. The van der Waals surface area contributed by atoms with Crippen LogP contribution in [0.1, 0.15) is 21.8 Å². The first kappa shape index (κ1) is 17.3. The summed E-state index contributed by atoms with van der Waals surface area (Å²) in [6.07, 6.45) is 0.205. The second-order valence-electron chi connectivity index (χ2n) is 5.33. The minimum Gasteiger partial charge on any atom is -0.351 e. The van der Waals surface area contributed by atoms with Gasteiger partial charge in [0.15, 0.2) is 5.13 Å². The highest BCUT2D eigenvalue weighted by atomic mass is 32.1. The molecule has 2 N–H and O–H groups in total. The Morgan fingerprint density at radius 2 is 1.92 bits per heavy atom. The average molecular weight is 371 g/mol. The van der Waals surface area contributed by atoms with Crippen molar-refractivity contribution < 1.29 is 9.59 Å². The lowest BCUT2D eigenvalue weighted by molar-refractivity contribution is -0.116. The van der Waals surface area contributed by atoms with E-state index in [0.29, 0.717) is 16.6 Å². The highest BCUT2D eigenvalue weighted by molar-refractivity contribution is 7.19. The van der Waals surface area contributed by atoms with Crippen LogP contribution in [0.25, 0.3) is 10.4 Å². The highest BCUT2D eigenvalue weighted by Crippen LogP contribution is 2.32. The Hall–Kier alpha value is -2.51. The van der Waals surface area contributed by atoms with Gasteiger partial charge in [-0.3, -0.25) is 9.59 Å². The minimum absolute atomic E-state index is 0.153. The number of aryl methyl sites for hydroxylation is 1. The highest BCUT2D eigenvalue weighted by Gasteiger charge is 2.12. The molecule has 0 spiro atoms. The fraction of sp³-hybridized carbons (Fsp3) is 0.167. The van der Waals surface area contributed by atoms with E-state index in [1.807, 2.05) is 48.7 Å². The van der Waals surface area contributed by atoms with Crippen molar-refractivity contribution >= 4 is 39.6 Å². The molecule has 0 unspecified atom stereocenters. The molecule has 5 nitrogen and oxygen atoms in total. The van der Waals surface area contributed by atoms with Gasteiger partial charge in [-0.05, 0) is 23.9 Å². The molecule has 0 bridgehead atoms. The zero-order valence-electron chi connectivity index (χ0n) is 13.6. The lowest BCUT2D eigenvalue weighted by atomic mass is 10.2. The lowest BCUT2D eigenvalue weighted by Crippen LogP contribution is -2.27.